The number of fused-ring (bicyclic) bond motifs is 1. The van der Waals surface area contributed by atoms with E-state index in [4.69, 9.17) is 5.11 Å². The minimum absolute atomic E-state index is 0.338. The number of nitrogens with one attached hydrogen (secondary N) is 1. The molecule has 1 atom stereocenters. The molecule has 0 aliphatic carbocycles. The Morgan fingerprint density at radius 2 is 2.36 bits per heavy atom. The first-order valence-electron chi connectivity index (χ1n) is 3.84. The van der Waals surface area contributed by atoms with Crippen LogP contribution >= 0.6 is 0 Å². The third kappa shape index (κ3) is 1.04. The van der Waals surface area contributed by atoms with Crippen molar-refractivity contribution in [2.75, 3.05) is 5.32 Å². The molecular formula is C9H11NO. The lowest BCUT2D eigenvalue weighted by atomic mass is 10.1. The zero-order valence-corrected chi connectivity index (χ0v) is 6.46. The third-order valence-corrected chi connectivity index (χ3v) is 2.02. The van der Waals surface area contributed by atoms with Crippen LogP contribution < -0.4 is 5.32 Å². The van der Waals surface area contributed by atoms with Gasteiger partial charge in [0.25, 0.3) is 0 Å². The lowest BCUT2D eigenvalue weighted by Gasteiger charge is -2.01. The van der Waals surface area contributed by atoms with E-state index in [1.54, 1.807) is 12.1 Å². The molecule has 0 saturated carbocycles. The van der Waals surface area contributed by atoms with Crippen LogP contribution in [-0.2, 0) is 6.42 Å². The summed E-state index contributed by atoms with van der Waals surface area (Å²) in [4.78, 5) is 0. The van der Waals surface area contributed by atoms with E-state index in [0.29, 0.717) is 11.8 Å². The summed E-state index contributed by atoms with van der Waals surface area (Å²) in [5, 5.41) is 12.4. The lowest BCUT2D eigenvalue weighted by molar-refractivity contribution is 0.475. The molecule has 2 N–H and O–H groups in total. The second-order valence-electron chi connectivity index (χ2n) is 3.09. The fraction of sp³-hybridized carbons (Fsp3) is 0.333. The Hall–Kier alpha value is -1.18. The van der Waals surface area contributed by atoms with Gasteiger partial charge in [0, 0.05) is 17.8 Å². The van der Waals surface area contributed by atoms with Gasteiger partial charge in [-0.2, -0.15) is 0 Å². The number of hydrogen-bond donors (Lipinski definition) is 2. The highest BCUT2D eigenvalue weighted by molar-refractivity contribution is 5.59. The van der Waals surface area contributed by atoms with Crippen LogP contribution in [0.25, 0.3) is 0 Å². The molecule has 11 heavy (non-hydrogen) atoms. The fourth-order valence-corrected chi connectivity index (χ4v) is 1.52. The number of hydrogen-bond acceptors (Lipinski definition) is 2. The van der Waals surface area contributed by atoms with Crippen LogP contribution in [-0.4, -0.2) is 11.1 Å². The van der Waals surface area contributed by atoms with E-state index >= 15 is 0 Å². The molecule has 2 rings (SSSR count). The molecule has 0 saturated heterocycles. The molecule has 1 aliphatic rings. The van der Waals surface area contributed by atoms with Crippen molar-refractivity contribution in [3.63, 3.8) is 0 Å². The van der Waals surface area contributed by atoms with E-state index in [-0.39, 0.29) is 0 Å². The molecule has 1 aliphatic heterocycles. The zero-order valence-electron chi connectivity index (χ0n) is 6.46. The SMILES string of the molecule is C[C@@H]1Cc2ccc(O)cc2N1. The normalized spacial score (nSPS) is 21.0. The average molecular weight is 149 g/mol. The van der Waals surface area contributed by atoms with Crippen molar-refractivity contribution in [2.45, 2.75) is 19.4 Å². The minimum Gasteiger partial charge on any atom is -0.508 e. The summed E-state index contributed by atoms with van der Waals surface area (Å²) in [5.41, 5.74) is 2.38. The molecule has 2 nitrogen and oxygen atoms in total. The van der Waals surface area contributed by atoms with Crippen molar-refractivity contribution in [1.29, 1.82) is 0 Å². The Morgan fingerprint density at radius 3 is 3.18 bits per heavy atom. The number of benzene rings is 1. The average Bonchev–Trinajstić information content (AvgIpc) is 2.27. The predicted molar refractivity (Wildman–Crippen MR) is 44.9 cm³/mol. The van der Waals surface area contributed by atoms with Crippen molar-refractivity contribution in [3.05, 3.63) is 23.8 Å². The topological polar surface area (TPSA) is 32.3 Å². The van der Waals surface area contributed by atoms with Gasteiger partial charge in [-0.1, -0.05) is 6.07 Å². The van der Waals surface area contributed by atoms with Crippen LogP contribution in [0.3, 0.4) is 0 Å². The van der Waals surface area contributed by atoms with Gasteiger partial charge < -0.3 is 10.4 Å². The van der Waals surface area contributed by atoms with Crippen LogP contribution in [0.1, 0.15) is 12.5 Å². The molecule has 2 heteroatoms. The van der Waals surface area contributed by atoms with E-state index in [2.05, 4.69) is 12.2 Å². The summed E-state index contributed by atoms with van der Waals surface area (Å²) in [5.74, 6) is 0.338. The van der Waals surface area contributed by atoms with Gasteiger partial charge in [0.1, 0.15) is 5.75 Å². The Labute approximate surface area is 65.9 Å². The monoisotopic (exact) mass is 149 g/mol. The van der Waals surface area contributed by atoms with E-state index in [1.165, 1.54) is 5.56 Å². The van der Waals surface area contributed by atoms with Crippen molar-refractivity contribution < 1.29 is 5.11 Å². The molecule has 0 amide bonds. The van der Waals surface area contributed by atoms with Gasteiger partial charge in [0.05, 0.1) is 0 Å². The highest BCUT2D eigenvalue weighted by Crippen LogP contribution is 2.28. The minimum atomic E-state index is 0.338. The van der Waals surface area contributed by atoms with E-state index in [1.807, 2.05) is 6.07 Å². The second kappa shape index (κ2) is 2.16. The maximum Gasteiger partial charge on any atom is 0.117 e. The van der Waals surface area contributed by atoms with Crippen molar-refractivity contribution in [2.24, 2.45) is 0 Å². The Kier molecular flexibility index (Phi) is 1.28. The molecular weight excluding hydrogens is 138 g/mol. The van der Waals surface area contributed by atoms with Crippen LogP contribution in [0.5, 0.6) is 5.75 Å². The predicted octanol–water partition coefficient (Wildman–Crippen LogP) is 1.75. The first kappa shape index (κ1) is 6.53. The summed E-state index contributed by atoms with van der Waals surface area (Å²) >= 11 is 0. The molecule has 0 aromatic heterocycles. The molecule has 0 bridgehead atoms. The number of anilines is 1. The quantitative estimate of drug-likeness (QED) is 0.589. The largest absolute Gasteiger partial charge is 0.508 e. The van der Waals surface area contributed by atoms with E-state index in [0.717, 1.165) is 12.1 Å². The Bertz CT molecular complexity index is 283. The van der Waals surface area contributed by atoms with Crippen LogP contribution in [0.15, 0.2) is 18.2 Å². The van der Waals surface area contributed by atoms with E-state index in [9.17, 15) is 0 Å². The summed E-state index contributed by atoms with van der Waals surface area (Å²) < 4.78 is 0. The molecule has 1 aromatic carbocycles. The molecule has 58 valence electrons. The van der Waals surface area contributed by atoms with Gasteiger partial charge in [-0.25, -0.2) is 0 Å². The number of phenolic OH excluding ortho intramolecular Hbond substituents is 1. The van der Waals surface area contributed by atoms with Gasteiger partial charge >= 0.3 is 0 Å². The van der Waals surface area contributed by atoms with Crippen molar-refractivity contribution in [1.82, 2.24) is 0 Å². The van der Waals surface area contributed by atoms with Gasteiger partial charge in [-0.05, 0) is 25.0 Å². The van der Waals surface area contributed by atoms with E-state index < -0.39 is 0 Å². The number of phenols is 1. The highest BCUT2D eigenvalue weighted by Gasteiger charge is 2.15. The second-order valence-corrected chi connectivity index (χ2v) is 3.09. The van der Waals surface area contributed by atoms with Crippen molar-refractivity contribution in [3.8, 4) is 5.75 Å². The van der Waals surface area contributed by atoms with Crippen LogP contribution in [0.4, 0.5) is 5.69 Å². The van der Waals surface area contributed by atoms with Gasteiger partial charge in [-0.3, -0.25) is 0 Å². The fourth-order valence-electron chi connectivity index (χ4n) is 1.52. The van der Waals surface area contributed by atoms with Crippen LogP contribution in [0.2, 0.25) is 0 Å². The first-order valence-corrected chi connectivity index (χ1v) is 3.84. The summed E-state index contributed by atoms with van der Waals surface area (Å²) in [7, 11) is 0. The smallest absolute Gasteiger partial charge is 0.117 e. The molecule has 0 unspecified atom stereocenters. The van der Waals surface area contributed by atoms with Gasteiger partial charge in [0.2, 0.25) is 0 Å². The maximum atomic E-state index is 9.14. The number of rotatable bonds is 0. The summed E-state index contributed by atoms with van der Waals surface area (Å²) in [6.45, 7) is 2.14. The molecule has 0 spiro atoms. The van der Waals surface area contributed by atoms with Crippen LogP contribution in [0, 0.1) is 0 Å². The standard InChI is InChI=1S/C9H11NO/c1-6-4-7-2-3-8(11)5-9(7)10-6/h2-3,5-6,10-11H,4H2,1H3/t6-/m1/s1. The lowest BCUT2D eigenvalue weighted by Crippen LogP contribution is -2.08. The highest BCUT2D eigenvalue weighted by atomic mass is 16.3. The zero-order chi connectivity index (χ0) is 7.84. The molecule has 1 heterocycles. The summed E-state index contributed by atoms with van der Waals surface area (Å²) in [6, 6.07) is 5.99. The molecule has 0 radical (unpaired) electrons. The van der Waals surface area contributed by atoms with Gasteiger partial charge in [0.15, 0.2) is 0 Å². The number of aromatic hydroxyl groups is 1. The Morgan fingerprint density at radius 1 is 1.55 bits per heavy atom. The maximum absolute atomic E-state index is 9.14. The Balaban J connectivity index is 2.43. The third-order valence-electron chi connectivity index (χ3n) is 2.02. The van der Waals surface area contributed by atoms with Gasteiger partial charge in [-0.15, -0.1) is 0 Å². The molecule has 0 fully saturated rings. The van der Waals surface area contributed by atoms with Crippen molar-refractivity contribution >= 4 is 5.69 Å². The first-order chi connectivity index (χ1) is 5.25. The summed E-state index contributed by atoms with van der Waals surface area (Å²) in [6.07, 6.45) is 1.07. The molecule has 1 aromatic rings.